The number of carbonyl (C=O) groups is 1. The summed E-state index contributed by atoms with van der Waals surface area (Å²) in [7, 11) is 0. The lowest BCUT2D eigenvalue weighted by atomic mass is 9.88. The molecule has 0 aliphatic carbocycles. The average molecular weight is 351 g/mol. The summed E-state index contributed by atoms with van der Waals surface area (Å²) in [6.45, 7) is 6.48. The Morgan fingerprint density at radius 2 is 1.74 bits per heavy atom. The van der Waals surface area contributed by atoms with Crippen molar-refractivity contribution in [3.8, 4) is 0 Å². The second kappa shape index (κ2) is 6.70. The van der Waals surface area contributed by atoms with Crippen LogP contribution in [-0.2, 0) is 27.9 Å². The molecule has 0 amide bonds. The molecule has 1 aromatic carbocycles. The largest absolute Gasteiger partial charge is 0.598 e. The fraction of sp³-hybridized carbons (Fsp3) is 0.533. The third-order valence-electron chi connectivity index (χ3n) is 3.21. The van der Waals surface area contributed by atoms with Crippen molar-refractivity contribution in [1.29, 1.82) is 0 Å². The molecule has 0 radical (unpaired) electrons. The Morgan fingerprint density at radius 3 is 2.17 bits per heavy atom. The van der Waals surface area contributed by atoms with Crippen molar-refractivity contribution >= 4 is 17.3 Å². The van der Waals surface area contributed by atoms with Crippen LogP contribution in [-0.4, -0.2) is 20.4 Å². The minimum Gasteiger partial charge on any atom is -0.598 e. The Balaban J connectivity index is 3.28. The van der Waals surface area contributed by atoms with E-state index >= 15 is 0 Å². The van der Waals surface area contributed by atoms with Crippen LogP contribution in [0.15, 0.2) is 24.3 Å². The van der Waals surface area contributed by atoms with Crippen LogP contribution in [0.1, 0.15) is 45.2 Å². The zero-order valence-corrected chi connectivity index (χ0v) is 14.1. The first-order chi connectivity index (χ1) is 10.3. The quantitative estimate of drug-likeness (QED) is 0.797. The van der Waals surface area contributed by atoms with Gasteiger partial charge in [0.2, 0.25) is 0 Å². The Hall–Kier alpha value is -1.25. The van der Waals surface area contributed by atoms with Crippen molar-refractivity contribution in [3.05, 3.63) is 35.4 Å². The highest BCUT2D eigenvalue weighted by Crippen LogP contribution is 2.34. The predicted octanol–water partition coefficient (Wildman–Crippen LogP) is 3.45. The maximum absolute atomic E-state index is 12.9. The van der Waals surface area contributed by atoms with Gasteiger partial charge in [-0.1, -0.05) is 12.1 Å². The fourth-order valence-corrected chi connectivity index (χ4v) is 2.80. The van der Waals surface area contributed by atoms with Crippen LogP contribution in [0.25, 0.3) is 0 Å². The van der Waals surface area contributed by atoms with Crippen LogP contribution < -0.4 is 4.72 Å². The number of alkyl halides is 3. The van der Waals surface area contributed by atoms with Gasteiger partial charge >= 0.3 is 12.1 Å². The summed E-state index contributed by atoms with van der Waals surface area (Å²) in [6, 6.07) is 4.40. The molecule has 0 aromatic heterocycles. The first kappa shape index (κ1) is 19.8. The van der Waals surface area contributed by atoms with E-state index in [-0.39, 0.29) is 5.56 Å². The van der Waals surface area contributed by atoms with Gasteiger partial charge < -0.3 is 9.66 Å². The number of aliphatic carboxylic acids is 1. The van der Waals surface area contributed by atoms with Crippen LogP contribution in [0.5, 0.6) is 0 Å². The number of carboxylic acid groups (broad SMARTS) is 1. The van der Waals surface area contributed by atoms with Crippen molar-refractivity contribution in [3.63, 3.8) is 0 Å². The predicted molar refractivity (Wildman–Crippen MR) is 82.1 cm³/mol. The number of carboxylic acids is 1. The van der Waals surface area contributed by atoms with Crippen molar-refractivity contribution in [2.75, 3.05) is 0 Å². The second-order valence-corrected chi connectivity index (χ2v) is 8.43. The fourth-order valence-electron chi connectivity index (χ4n) is 1.90. The Bertz CT molecular complexity index is 572. The molecular weight excluding hydrogens is 331 g/mol. The van der Waals surface area contributed by atoms with Gasteiger partial charge in [0.1, 0.15) is 4.75 Å². The van der Waals surface area contributed by atoms with Gasteiger partial charge in [-0.2, -0.15) is 13.2 Å². The van der Waals surface area contributed by atoms with E-state index in [4.69, 9.17) is 5.11 Å². The van der Waals surface area contributed by atoms with Crippen LogP contribution in [0.2, 0.25) is 0 Å². The number of halogens is 3. The summed E-state index contributed by atoms with van der Waals surface area (Å²) >= 11 is -1.65. The average Bonchev–Trinajstić information content (AvgIpc) is 2.35. The molecule has 130 valence electrons. The lowest BCUT2D eigenvalue weighted by Gasteiger charge is -2.34. The van der Waals surface area contributed by atoms with Gasteiger partial charge in [0.25, 0.3) is 0 Å². The molecule has 0 fully saturated rings. The molecule has 1 rings (SSSR count). The first-order valence-corrected chi connectivity index (χ1v) is 8.00. The zero-order chi connectivity index (χ0) is 18.1. The van der Waals surface area contributed by atoms with Gasteiger partial charge in [-0.05, 0) is 45.4 Å². The molecule has 23 heavy (non-hydrogen) atoms. The van der Waals surface area contributed by atoms with Gasteiger partial charge in [-0.15, -0.1) is 4.72 Å². The summed E-state index contributed by atoms with van der Waals surface area (Å²) in [5, 5.41) is 9.09. The van der Waals surface area contributed by atoms with E-state index in [9.17, 15) is 22.5 Å². The number of nitrogens with one attached hydrogen (secondary N) is 1. The van der Waals surface area contributed by atoms with Crippen LogP contribution in [0.3, 0.4) is 0 Å². The molecule has 2 N–H and O–H groups in total. The number of hydrogen-bond donors (Lipinski definition) is 2. The normalized spacial score (nSPS) is 16.7. The standard InChI is InChI=1S/C15H20F3NO3S/c1-13(2,3)23(22)19-14(4,9-12(20)21)10-6-5-7-11(8-10)15(16,17)18/h5-8,19H,9H2,1-4H3,(H,20,21). The summed E-state index contributed by atoms with van der Waals surface area (Å²) in [5.41, 5.74) is -2.16. The van der Waals surface area contributed by atoms with E-state index in [1.807, 2.05) is 0 Å². The van der Waals surface area contributed by atoms with Gasteiger partial charge in [-0.3, -0.25) is 4.79 Å². The third-order valence-corrected chi connectivity index (χ3v) is 4.95. The monoisotopic (exact) mass is 351 g/mol. The zero-order valence-electron chi connectivity index (χ0n) is 13.3. The topological polar surface area (TPSA) is 72.4 Å². The van der Waals surface area contributed by atoms with Gasteiger partial charge in [-0.25, -0.2) is 0 Å². The molecule has 2 atom stereocenters. The van der Waals surface area contributed by atoms with E-state index < -0.39 is 45.8 Å². The summed E-state index contributed by atoms with van der Waals surface area (Å²) in [4.78, 5) is 11.1. The van der Waals surface area contributed by atoms with E-state index in [2.05, 4.69) is 4.72 Å². The summed E-state index contributed by atoms with van der Waals surface area (Å²) < 4.78 is 52.9. The molecule has 0 saturated carbocycles. The number of rotatable bonds is 5. The maximum Gasteiger partial charge on any atom is 0.416 e. The van der Waals surface area contributed by atoms with Gasteiger partial charge in [0.15, 0.2) is 0 Å². The first-order valence-electron chi connectivity index (χ1n) is 6.85. The molecular formula is C15H20F3NO3S. The van der Waals surface area contributed by atoms with Crippen molar-refractivity contribution in [2.45, 2.75) is 50.6 Å². The minimum atomic E-state index is -4.54. The van der Waals surface area contributed by atoms with Crippen molar-refractivity contribution in [2.24, 2.45) is 0 Å². The highest BCUT2D eigenvalue weighted by molar-refractivity contribution is 7.90. The van der Waals surface area contributed by atoms with Gasteiger partial charge in [0, 0.05) is 11.4 Å². The van der Waals surface area contributed by atoms with E-state index in [1.165, 1.54) is 19.1 Å². The molecule has 8 heteroatoms. The third kappa shape index (κ3) is 5.40. The Kier molecular flexibility index (Phi) is 5.77. The second-order valence-electron chi connectivity index (χ2n) is 6.46. The number of hydrogen-bond acceptors (Lipinski definition) is 3. The SMILES string of the molecule is CC(CC(=O)O)(N[S+]([O-])C(C)(C)C)c1cccc(C(F)(F)F)c1. The van der Waals surface area contributed by atoms with Crippen LogP contribution >= 0.6 is 0 Å². The van der Waals surface area contributed by atoms with Crippen molar-refractivity contribution < 1.29 is 27.6 Å². The molecule has 0 spiro atoms. The molecule has 0 aliphatic rings. The molecule has 0 saturated heterocycles. The molecule has 2 unspecified atom stereocenters. The van der Waals surface area contributed by atoms with Crippen LogP contribution in [0.4, 0.5) is 13.2 Å². The van der Waals surface area contributed by atoms with E-state index in [1.54, 1.807) is 20.8 Å². The molecule has 4 nitrogen and oxygen atoms in total. The van der Waals surface area contributed by atoms with Crippen molar-refractivity contribution in [1.82, 2.24) is 4.72 Å². The minimum absolute atomic E-state index is 0.118. The van der Waals surface area contributed by atoms with Gasteiger partial charge in [0.05, 0.1) is 17.5 Å². The molecule has 0 heterocycles. The molecule has 0 aliphatic heterocycles. The van der Waals surface area contributed by atoms with Crippen LogP contribution in [0, 0.1) is 0 Å². The molecule has 0 bridgehead atoms. The Labute approximate surface area is 136 Å². The maximum atomic E-state index is 12.9. The summed E-state index contributed by atoms with van der Waals surface area (Å²) in [5.74, 6) is -1.21. The number of benzene rings is 1. The highest BCUT2D eigenvalue weighted by Gasteiger charge is 2.40. The Morgan fingerprint density at radius 1 is 1.22 bits per heavy atom. The highest BCUT2D eigenvalue weighted by atomic mass is 32.2. The lowest BCUT2D eigenvalue weighted by Crippen LogP contribution is -2.50. The van der Waals surface area contributed by atoms with E-state index in [0.717, 1.165) is 12.1 Å². The van der Waals surface area contributed by atoms with E-state index in [0.29, 0.717) is 0 Å². The lowest BCUT2D eigenvalue weighted by molar-refractivity contribution is -0.138. The smallest absolute Gasteiger partial charge is 0.416 e. The molecule has 1 aromatic rings. The summed E-state index contributed by atoms with van der Waals surface area (Å²) in [6.07, 6.45) is -5.04.